The van der Waals surface area contributed by atoms with Crippen molar-refractivity contribution in [2.75, 3.05) is 6.26 Å². The van der Waals surface area contributed by atoms with E-state index in [-0.39, 0.29) is 5.91 Å². The van der Waals surface area contributed by atoms with E-state index in [2.05, 4.69) is 15.9 Å². The minimum absolute atomic E-state index is 0.383. The van der Waals surface area contributed by atoms with Crippen LogP contribution in [-0.4, -0.2) is 12.2 Å². The van der Waals surface area contributed by atoms with Crippen molar-refractivity contribution in [3.05, 3.63) is 28.2 Å². The Morgan fingerprint density at radius 1 is 1.58 bits per heavy atom. The van der Waals surface area contributed by atoms with E-state index in [1.165, 1.54) is 11.8 Å². The largest absolute Gasteiger partial charge is 0.366 e. The summed E-state index contributed by atoms with van der Waals surface area (Å²) in [5.74, 6) is -0.383. The molecule has 1 rings (SSSR count). The number of hydrogen-bond donors (Lipinski definition) is 1. The van der Waals surface area contributed by atoms with Gasteiger partial charge >= 0.3 is 0 Å². The fraction of sp³-hybridized carbons (Fsp3) is 0.125. The second-order valence-electron chi connectivity index (χ2n) is 2.21. The number of benzene rings is 1. The van der Waals surface area contributed by atoms with E-state index in [4.69, 9.17) is 5.73 Å². The minimum Gasteiger partial charge on any atom is -0.366 e. The van der Waals surface area contributed by atoms with E-state index in [1.54, 1.807) is 12.1 Å². The lowest BCUT2D eigenvalue weighted by Crippen LogP contribution is -2.11. The summed E-state index contributed by atoms with van der Waals surface area (Å²) in [6, 6.07) is 5.41. The number of hydrogen-bond acceptors (Lipinski definition) is 2. The third-order valence-corrected chi connectivity index (χ3v) is 2.70. The molecule has 2 nitrogen and oxygen atoms in total. The first-order chi connectivity index (χ1) is 5.65. The molecule has 4 heteroatoms. The highest BCUT2D eigenvalue weighted by molar-refractivity contribution is 9.10. The summed E-state index contributed by atoms with van der Waals surface area (Å²) in [4.78, 5) is 11.8. The van der Waals surface area contributed by atoms with Crippen LogP contribution >= 0.6 is 27.7 Å². The summed E-state index contributed by atoms with van der Waals surface area (Å²) in [6.45, 7) is 0. The van der Waals surface area contributed by atoms with Crippen LogP contribution in [0.4, 0.5) is 0 Å². The first-order valence-electron chi connectivity index (χ1n) is 3.28. The van der Waals surface area contributed by atoms with Crippen molar-refractivity contribution in [1.82, 2.24) is 0 Å². The second kappa shape index (κ2) is 3.96. The molecule has 0 unspecified atom stereocenters. The van der Waals surface area contributed by atoms with Crippen molar-refractivity contribution >= 4 is 33.6 Å². The first kappa shape index (κ1) is 9.61. The van der Waals surface area contributed by atoms with E-state index >= 15 is 0 Å². The molecule has 0 aromatic heterocycles. The van der Waals surface area contributed by atoms with Gasteiger partial charge in [-0.2, -0.15) is 0 Å². The Bertz CT molecular complexity index is 314. The molecule has 0 atom stereocenters. The molecule has 12 heavy (non-hydrogen) atoms. The van der Waals surface area contributed by atoms with E-state index in [0.29, 0.717) is 5.56 Å². The molecule has 1 aromatic rings. The lowest BCUT2D eigenvalue weighted by molar-refractivity contribution is 0.0997. The Balaban J connectivity index is 3.20. The molecule has 0 radical (unpaired) electrons. The first-order valence-corrected chi connectivity index (χ1v) is 5.30. The zero-order valence-corrected chi connectivity index (χ0v) is 8.91. The standard InChI is InChI=1S/C8H8BrNOS/c1-12-7-4-5(9)2-3-6(7)8(10)11/h2-4H,1H3,(H2,10,11). The summed E-state index contributed by atoms with van der Waals surface area (Å²) in [7, 11) is 0. The van der Waals surface area contributed by atoms with E-state index in [9.17, 15) is 4.79 Å². The third-order valence-electron chi connectivity index (χ3n) is 1.43. The van der Waals surface area contributed by atoms with E-state index in [1.807, 2.05) is 12.3 Å². The van der Waals surface area contributed by atoms with Crippen molar-refractivity contribution < 1.29 is 4.79 Å². The highest BCUT2D eigenvalue weighted by Gasteiger charge is 2.06. The Morgan fingerprint density at radius 3 is 2.75 bits per heavy atom. The van der Waals surface area contributed by atoms with Gasteiger partial charge in [-0.05, 0) is 24.5 Å². The topological polar surface area (TPSA) is 43.1 Å². The van der Waals surface area contributed by atoms with Crippen LogP contribution in [0, 0.1) is 0 Å². The van der Waals surface area contributed by atoms with Gasteiger partial charge in [0.2, 0.25) is 5.91 Å². The number of rotatable bonds is 2. The summed E-state index contributed by atoms with van der Waals surface area (Å²) < 4.78 is 0.955. The Hall–Kier alpha value is -0.480. The fourth-order valence-electron chi connectivity index (χ4n) is 0.869. The molecular weight excluding hydrogens is 238 g/mol. The number of halogens is 1. The maximum Gasteiger partial charge on any atom is 0.249 e. The molecule has 0 aliphatic rings. The minimum atomic E-state index is -0.383. The number of carbonyl (C=O) groups excluding carboxylic acids is 1. The maximum atomic E-state index is 10.9. The lowest BCUT2D eigenvalue weighted by atomic mass is 10.2. The average Bonchev–Trinajstić information content (AvgIpc) is 2.03. The highest BCUT2D eigenvalue weighted by Crippen LogP contribution is 2.24. The zero-order chi connectivity index (χ0) is 9.14. The van der Waals surface area contributed by atoms with Crippen LogP contribution in [0.2, 0.25) is 0 Å². The highest BCUT2D eigenvalue weighted by atomic mass is 79.9. The number of nitrogens with two attached hydrogens (primary N) is 1. The van der Waals surface area contributed by atoms with Crippen LogP contribution in [-0.2, 0) is 0 Å². The molecule has 0 saturated carbocycles. The van der Waals surface area contributed by atoms with E-state index < -0.39 is 0 Å². The van der Waals surface area contributed by atoms with Gasteiger partial charge in [0.1, 0.15) is 0 Å². The number of amides is 1. The molecule has 0 heterocycles. The van der Waals surface area contributed by atoms with E-state index in [0.717, 1.165) is 9.37 Å². The van der Waals surface area contributed by atoms with Crippen LogP contribution < -0.4 is 5.73 Å². The molecule has 0 aliphatic carbocycles. The maximum absolute atomic E-state index is 10.9. The predicted octanol–water partition coefficient (Wildman–Crippen LogP) is 2.27. The van der Waals surface area contributed by atoms with Crippen molar-refractivity contribution in [3.8, 4) is 0 Å². The summed E-state index contributed by atoms with van der Waals surface area (Å²) in [5.41, 5.74) is 5.75. The number of thioether (sulfide) groups is 1. The molecule has 0 bridgehead atoms. The Kier molecular flexibility index (Phi) is 3.17. The van der Waals surface area contributed by atoms with Crippen LogP contribution in [0.15, 0.2) is 27.6 Å². The molecule has 2 N–H and O–H groups in total. The summed E-state index contributed by atoms with van der Waals surface area (Å²) in [5, 5.41) is 0. The monoisotopic (exact) mass is 245 g/mol. The van der Waals surface area contributed by atoms with Gasteiger partial charge in [0.05, 0.1) is 5.56 Å². The quantitative estimate of drug-likeness (QED) is 0.813. The molecule has 0 fully saturated rings. The molecule has 64 valence electrons. The van der Waals surface area contributed by atoms with Gasteiger partial charge in [0.25, 0.3) is 0 Å². The van der Waals surface area contributed by atoms with Crippen molar-refractivity contribution in [2.24, 2.45) is 5.73 Å². The summed E-state index contributed by atoms with van der Waals surface area (Å²) in [6.07, 6.45) is 1.91. The number of primary amides is 1. The SMILES string of the molecule is CSc1cc(Br)ccc1C(N)=O. The van der Waals surface area contributed by atoms with Crippen LogP contribution in [0.1, 0.15) is 10.4 Å². The van der Waals surface area contributed by atoms with Crippen LogP contribution in [0.3, 0.4) is 0 Å². The molecular formula is C8H8BrNOS. The predicted molar refractivity (Wildman–Crippen MR) is 54.4 cm³/mol. The van der Waals surface area contributed by atoms with Crippen LogP contribution in [0.25, 0.3) is 0 Å². The average molecular weight is 246 g/mol. The number of carbonyl (C=O) groups is 1. The van der Waals surface area contributed by atoms with Crippen molar-refractivity contribution in [3.63, 3.8) is 0 Å². The van der Waals surface area contributed by atoms with Gasteiger partial charge in [-0.3, -0.25) is 4.79 Å². The molecule has 1 amide bonds. The molecule has 1 aromatic carbocycles. The Labute approximate surface area is 83.7 Å². The van der Waals surface area contributed by atoms with Gasteiger partial charge < -0.3 is 5.73 Å². The zero-order valence-electron chi connectivity index (χ0n) is 6.50. The van der Waals surface area contributed by atoms with Gasteiger partial charge in [0.15, 0.2) is 0 Å². The molecule has 0 spiro atoms. The van der Waals surface area contributed by atoms with Crippen molar-refractivity contribution in [2.45, 2.75) is 4.90 Å². The van der Waals surface area contributed by atoms with Gasteiger partial charge in [-0.15, -0.1) is 11.8 Å². The lowest BCUT2D eigenvalue weighted by Gasteiger charge is -2.02. The second-order valence-corrected chi connectivity index (χ2v) is 3.97. The van der Waals surface area contributed by atoms with Crippen LogP contribution in [0.5, 0.6) is 0 Å². The molecule has 0 saturated heterocycles. The normalized spacial score (nSPS) is 9.83. The molecule has 0 aliphatic heterocycles. The third kappa shape index (κ3) is 2.01. The van der Waals surface area contributed by atoms with Crippen molar-refractivity contribution in [1.29, 1.82) is 0 Å². The van der Waals surface area contributed by atoms with Gasteiger partial charge in [-0.1, -0.05) is 15.9 Å². The Morgan fingerprint density at radius 2 is 2.25 bits per heavy atom. The van der Waals surface area contributed by atoms with Gasteiger partial charge in [-0.25, -0.2) is 0 Å². The fourth-order valence-corrected chi connectivity index (χ4v) is 2.01. The van der Waals surface area contributed by atoms with Gasteiger partial charge in [0, 0.05) is 9.37 Å². The summed E-state index contributed by atoms with van der Waals surface area (Å²) >= 11 is 4.83. The smallest absolute Gasteiger partial charge is 0.249 e.